The molecule has 1 heterocycles. The van der Waals surface area contributed by atoms with E-state index in [-0.39, 0.29) is 6.79 Å². The Kier molecular flexibility index (Phi) is 6.25. The van der Waals surface area contributed by atoms with Crippen molar-refractivity contribution in [3.63, 3.8) is 0 Å². The topological polar surface area (TPSA) is 51.5 Å². The molecule has 0 bridgehead atoms. The maximum atomic E-state index is 9.67. The van der Waals surface area contributed by atoms with E-state index in [2.05, 4.69) is 51.3 Å². The quantitative estimate of drug-likeness (QED) is 0.195. The Balaban J connectivity index is 1.59. The molecule has 1 aliphatic rings. The van der Waals surface area contributed by atoms with Gasteiger partial charge in [0.1, 0.15) is 12.4 Å². The summed E-state index contributed by atoms with van der Waals surface area (Å²) in [5, 5.41) is 9.67. The fraction of sp³-hybridized carbons (Fsp3) is 0.0870. The summed E-state index contributed by atoms with van der Waals surface area (Å²) < 4.78 is 18.8. The second-order valence-corrected chi connectivity index (χ2v) is 8.65. The number of hydrogen-bond acceptors (Lipinski definition) is 4. The number of nitrogens with zero attached hydrogens (tertiary/aromatic N) is 1. The van der Waals surface area contributed by atoms with Gasteiger partial charge >= 0.3 is 0 Å². The van der Waals surface area contributed by atoms with Crippen molar-refractivity contribution in [3.8, 4) is 23.3 Å². The zero-order valence-electron chi connectivity index (χ0n) is 15.2. The van der Waals surface area contributed by atoms with Crippen LogP contribution >= 0.6 is 45.2 Å². The second kappa shape index (κ2) is 9.05. The lowest BCUT2D eigenvalue weighted by Crippen LogP contribution is -1.99. The molecule has 0 saturated heterocycles. The SMILES string of the molecule is N#C/C(=C/c1cc(I)c(OCc2ccccc2)c(I)c1)c1ccc2c(c1)OCO2. The Bertz CT molecular complexity index is 1100. The van der Waals surface area contributed by atoms with E-state index in [1.54, 1.807) is 0 Å². The maximum absolute atomic E-state index is 9.67. The van der Waals surface area contributed by atoms with Crippen molar-refractivity contribution in [2.75, 3.05) is 6.79 Å². The van der Waals surface area contributed by atoms with Crippen molar-refractivity contribution in [1.29, 1.82) is 5.26 Å². The molecule has 0 aromatic heterocycles. The Hall–Kier alpha value is -2.25. The third-order valence-electron chi connectivity index (χ3n) is 4.36. The highest BCUT2D eigenvalue weighted by atomic mass is 127. The molecule has 0 N–H and O–H groups in total. The van der Waals surface area contributed by atoms with Gasteiger partial charge in [-0.05, 0) is 98.3 Å². The summed E-state index contributed by atoms with van der Waals surface area (Å²) in [7, 11) is 0. The molecule has 0 atom stereocenters. The molecular weight excluding hydrogens is 592 g/mol. The summed E-state index contributed by atoms with van der Waals surface area (Å²) in [5.41, 5.74) is 3.43. The van der Waals surface area contributed by atoms with Gasteiger partial charge in [0.2, 0.25) is 6.79 Å². The van der Waals surface area contributed by atoms with Crippen molar-refractivity contribution < 1.29 is 14.2 Å². The molecule has 144 valence electrons. The van der Waals surface area contributed by atoms with Gasteiger partial charge in [-0.1, -0.05) is 30.3 Å². The number of hydrogen-bond donors (Lipinski definition) is 0. The third-order valence-corrected chi connectivity index (χ3v) is 5.96. The van der Waals surface area contributed by atoms with Crippen LogP contribution in [0.2, 0.25) is 0 Å². The second-order valence-electron chi connectivity index (χ2n) is 6.33. The summed E-state index contributed by atoms with van der Waals surface area (Å²) in [6.07, 6.45) is 1.88. The molecule has 4 nitrogen and oxygen atoms in total. The van der Waals surface area contributed by atoms with Crippen molar-refractivity contribution >= 4 is 56.8 Å². The lowest BCUT2D eigenvalue weighted by molar-refractivity contribution is 0.174. The van der Waals surface area contributed by atoms with Crippen LogP contribution in [0.15, 0.2) is 60.7 Å². The molecule has 0 amide bonds. The van der Waals surface area contributed by atoms with E-state index in [0.29, 0.717) is 23.7 Å². The van der Waals surface area contributed by atoms with Crippen LogP contribution in [0, 0.1) is 18.5 Å². The minimum Gasteiger partial charge on any atom is -0.487 e. The molecule has 3 aromatic carbocycles. The Morgan fingerprint density at radius 2 is 1.72 bits per heavy atom. The number of ether oxygens (including phenoxy) is 3. The molecule has 29 heavy (non-hydrogen) atoms. The molecule has 6 heteroatoms. The first-order valence-corrected chi connectivity index (χ1v) is 11.0. The minimum absolute atomic E-state index is 0.214. The molecule has 1 aliphatic heterocycles. The molecule has 0 unspecified atom stereocenters. The smallest absolute Gasteiger partial charge is 0.231 e. The highest BCUT2D eigenvalue weighted by Crippen LogP contribution is 2.35. The van der Waals surface area contributed by atoms with Crippen LogP contribution in [0.1, 0.15) is 16.7 Å². The number of allylic oxidation sites excluding steroid dienone is 1. The number of rotatable bonds is 5. The monoisotopic (exact) mass is 607 g/mol. The zero-order valence-corrected chi connectivity index (χ0v) is 19.5. The van der Waals surface area contributed by atoms with Crippen LogP contribution in [0.3, 0.4) is 0 Å². The highest BCUT2D eigenvalue weighted by Gasteiger charge is 2.15. The van der Waals surface area contributed by atoms with Gasteiger partial charge < -0.3 is 14.2 Å². The highest BCUT2D eigenvalue weighted by molar-refractivity contribution is 14.1. The van der Waals surface area contributed by atoms with E-state index >= 15 is 0 Å². The van der Waals surface area contributed by atoms with Crippen LogP contribution in [0.4, 0.5) is 0 Å². The van der Waals surface area contributed by atoms with Crippen LogP contribution in [0.5, 0.6) is 17.2 Å². The molecule has 4 rings (SSSR count). The van der Waals surface area contributed by atoms with E-state index in [1.807, 2.05) is 66.7 Å². The van der Waals surface area contributed by atoms with Crippen LogP contribution < -0.4 is 14.2 Å². The number of halogens is 2. The average molecular weight is 607 g/mol. The van der Waals surface area contributed by atoms with Gasteiger partial charge in [-0.3, -0.25) is 0 Å². The van der Waals surface area contributed by atoms with Crippen molar-refractivity contribution in [2.45, 2.75) is 6.61 Å². The van der Waals surface area contributed by atoms with Crippen molar-refractivity contribution in [2.24, 2.45) is 0 Å². The van der Waals surface area contributed by atoms with E-state index in [0.717, 1.165) is 29.6 Å². The zero-order chi connectivity index (χ0) is 20.2. The first-order chi connectivity index (χ1) is 14.1. The normalized spacial score (nSPS) is 12.5. The standard InChI is InChI=1S/C23H15I2NO3/c24-19-9-16(10-20(25)23(19)27-13-15-4-2-1-3-5-15)8-18(12-26)17-6-7-21-22(11-17)29-14-28-21/h1-11H,13-14H2/b18-8-. The average Bonchev–Trinajstić information content (AvgIpc) is 3.20. The summed E-state index contributed by atoms with van der Waals surface area (Å²) >= 11 is 4.55. The van der Waals surface area contributed by atoms with Crippen molar-refractivity contribution in [3.05, 3.63) is 84.5 Å². The largest absolute Gasteiger partial charge is 0.487 e. The van der Waals surface area contributed by atoms with Crippen LogP contribution in [-0.4, -0.2) is 6.79 Å². The molecule has 3 aromatic rings. The van der Waals surface area contributed by atoms with Gasteiger partial charge in [-0.2, -0.15) is 5.26 Å². The van der Waals surface area contributed by atoms with E-state index in [4.69, 9.17) is 14.2 Å². The third kappa shape index (κ3) is 4.67. The van der Waals surface area contributed by atoms with Gasteiger partial charge in [-0.15, -0.1) is 0 Å². The van der Waals surface area contributed by atoms with Crippen LogP contribution in [-0.2, 0) is 6.61 Å². The van der Waals surface area contributed by atoms with Gasteiger partial charge in [0.15, 0.2) is 11.5 Å². The summed E-state index contributed by atoms with van der Waals surface area (Å²) in [5.74, 6) is 2.22. The lowest BCUT2D eigenvalue weighted by atomic mass is 10.0. The number of benzene rings is 3. The molecule has 0 radical (unpaired) electrons. The predicted octanol–water partition coefficient (Wildman–Crippen LogP) is 6.27. The van der Waals surface area contributed by atoms with Gasteiger partial charge in [0.05, 0.1) is 18.8 Å². The summed E-state index contributed by atoms with van der Waals surface area (Å²) in [6.45, 7) is 0.730. The molecule has 0 aliphatic carbocycles. The fourth-order valence-electron chi connectivity index (χ4n) is 2.94. The van der Waals surface area contributed by atoms with E-state index < -0.39 is 0 Å². The summed E-state index contributed by atoms with van der Waals surface area (Å²) in [6, 6.07) is 21.9. The first-order valence-electron chi connectivity index (χ1n) is 8.81. The van der Waals surface area contributed by atoms with E-state index in [9.17, 15) is 5.26 Å². The summed E-state index contributed by atoms with van der Waals surface area (Å²) in [4.78, 5) is 0. The molecular formula is C23H15I2NO3. The number of fused-ring (bicyclic) bond motifs is 1. The fourth-order valence-corrected chi connectivity index (χ4v) is 5.07. The maximum Gasteiger partial charge on any atom is 0.231 e. The van der Waals surface area contributed by atoms with Crippen LogP contribution in [0.25, 0.3) is 11.6 Å². The van der Waals surface area contributed by atoms with Gasteiger partial charge in [0.25, 0.3) is 0 Å². The minimum atomic E-state index is 0.214. The van der Waals surface area contributed by atoms with Crippen molar-refractivity contribution in [1.82, 2.24) is 0 Å². The molecule has 0 fully saturated rings. The van der Waals surface area contributed by atoms with Gasteiger partial charge in [0, 0.05) is 0 Å². The molecule has 0 spiro atoms. The Morgan fingerprint density at radius 3 is 2.45 bits per heavy atom. The van der Waals surface area contributed by atoms with E-state index in [1.165, 1.54) is 0 Å². The Morgan fingerprint density at radius 1 is 1.00 bits per heavy atom. The predicted molar refractivity (Wildman–Crippen MR) is 129 cm³/mol. The lowest BCUT2D eigenvalue weighted by Gasteiger charge is -2.12. The number of nitriles is 1. The first kappa shape index (κ1) is 20.0. The Labute approximate surface area is 196 Å². The van der Waals surface area contributed by atoms with Gasteiger partial charge in [-0.25, -0.2) is 0 Å². The molecule has 0 saturated carbocycles.